The van der Waals surface area contributed by atoms with Crippen LogP contribution in [0.1, 0.15) is 0 Å². The third-order valence-electron chi connectivity index (χ3n) is 2.71. The van der Waals surface area contributed by atoms with Crippen LogP contribution in [-0.2, 0) is 0 Å². The molecular formula is C14H9ClFN2OP. The van der Waals surface area contributed by atoms with Crippen LogP contribution in [-0.4, -0.2) is 9.97 Å². The van der Waals surface area contributed by atoms with Crippen LogP contribution in [0.4, 0.5) is 4.39 Å². The van der Waals surface area contributed by atoms with E-state index in [0.717, 1.165) is 10.7 Å². The molecule has 0 saturated carbocycles. The van der Waals surface area contributed by atoms with E-state index in [0.29, 0.717) is 11.3 Å². The molecule has 0 amide bonds. The van der Waals surface area contributed by atoms with Gasteiger partial charge in [-0.25, -0.2) is 14.4 Å². The van der Waals surface area contributed by atoms with Crippen molar-refractivity contribution in [2.75, 3.05) is 0 Å². The first-order valence-electron chi connectivity index (χ1n) is 5.77. The summed E-state index contributed by atoms with van der Waals surface area (Å²) in [5.41, 5.74) is 0.707. The summed E-state index contributed by atoms with van der Waals surface area (Å²) in [6, 6.07) is 9.93. The van der Waals surface area contributed by atoms with Crippen molar-refractivity contribution in [2.45, 2.75) is 0 Å². The van der Waals surface area contributed by atoms with Crippen LogP contribution < -0.4 is 10.0 Å². The topological polar surface area (TPSA) is 35.0 Å². The lowest BCUT2D eigenvalue weighted by Gasteiger charge is -2.08. The summed E-state index contributed by atoms with van der Waals surface area (Å²) in [7, 11) is 2.43. The SMILES string of the molecule is Fc1cc(P)ccc1Oc1ccc2nc(Cl)ncc2c1. The number of benzene rings is 2. The molecule has 3 rings (SSSR count). The van der Waals surface area contributed by atoms with E-state index in [1.165, 1.54) is 6.07 Å². The van der Waals surface area contributed by atoms with Gasteiger partial charge in [0.1, 0.15) is 5.75 Å². The Morgan fingerprint density at radius 2 is 2.00 bits per heavy atom. The monoisotopic (exact) mass is 306 g/mol. The largest absolute Gasteiger partial charge is 0.454 e. The first-order chi connectivity index (χ1) is 9.61. The molecule has 3 aromatic rings. The lowest BCUT2D eigenvalue weighted by Crippen LogP contribution is -1.95. The van der Waals surface area contributed by atoms with Gasteiger partial charge in [0.25, 0.3) is 0 Å². The Morgan fingerprint density at radius 3 is 2.80 bits per heavy atom. The number of hydrogen-bond acceptors (Lipinski definition) is 3. The molecule has 1 unspecified atom stereocenters. The summed E-state index contributed by atoms with van der Waals surface area (Å²) in [4.78, 5) is 7.98. The van der Waals surface area contributed by atoms with Crippen LogP contribution in [0.15, 0.2) is 42.6 Å². The van der Waals surface area contributed by atoms with Crippen molar-refractivity contribution in [3.63, 3.8) is 0 Å². The molecule has 20 heavy (non-hydrogen) atoms. The van der Waals surface area contributed by atoms with Gasteiger partial charge in [-0.3, -0.25) is 0 Å². The molecule has 0 saturated heterocycles. The van der Waals surface area contributed by atoms with Crippen molar-refractivity contribution in [2.24, 2.45) is 0 Å². The summed E-state index contributed by atoms with van der Waals surface area (Å²) in [6.45, 7) is 0. The van der Waals surface area contributed by atoms with Gasteiger partial charge in [-0.15, -0.1) is 9.24 Å². The summed E-state index contributed by atoms with van der Waals surface area (Å²) < 4.78 is 19.3. The van der Waals surface area contributed by atoms with E-state index in [1.54, 1.807) is 36.5 Å². The highest BCUT2D eigenvalue weighted by molar-refractivity contribution is 7.27. The summed E-state index contributed by atoms with van der Waals surface area (Å²) in [6.07, 6.45) is 1.60. The van der Waals surface area contributed by atoms with Crippen molar-refractivity contribution in [3.8, 4) is 11.5 Å². The maximum Gasteiger partial charge on any atom is 0.222 e. The zero-order chi connectivity index (χ0) is 14.1. The minimum Gasteiger partial charge on any atom is -0.454 e. The van der Waals surface area contributed by atoms with Gasteiger partial charge >= 0.3 is 0 Å². The van der Waals surface area contributed by atoms with E-state index >= 15 is 0 Å². The molecule has 0 bridgehead atoms. The molecule has 1 aromatic heterocycles. The highest BCUT2D eigenvalue weighted by Crippen LogP contribution is 2.26. The lowest BCUT2D eigenvalue weighted by atomic mass is 10.2. The second-order valence-electron chi connectivity index (χ2n) is 4.15. The minimum absolute atomic E-state index is 0.172. The quantitative estimate of drug-likeness (QED) is 0.535. The Balaban J connectivity index is 1.96. The van der Waals surface area contributed by atoms with Gasteiger partial charge in [-0.05, 0) is 47.2 Å². The van der Waals surface area contributed by atoms with Crippen molar-refractivity contribution in [3.05, 3.63) is 53.7 Å². The average molecular weight is 307 g/mol. The van der Waals surface area contributed by atoms with Crippen molar-refractivity contribution >= 4 is 37.0 Å². The number of aromatic nitrogens is 2. The molecule has 0 aliphatic carbocycles. The zero-order valence-electron chi connectivity index (χ0n) is 10.2. The van der Waals surface area contributed by atoms with E-state index < -0.39 is 5.82 Å². The molecule has 3 nitrogen and oxygen atoms in total. The normalized spacial score (nSPS) is 10.8. The van der Waals surface area contributed by atoms with E-state index in [9.17, 15) is 4.39 Å². The molecule has 0 fully saturated rings. The summed E-state index contributed by atoms with van der Waals surface area (Å²) in [5, 5.41) is 1.72. The van der Waals surface area contributed by atoms with Crippen molar-refractivity contribution < 1.29 is 9.13 Å². The molecule has 0 aliphatic rings. The third-order valence-corrected chi connectivity index (χ3v) is 3.25. The van der Waals surface area contributed by atoms with Crippen LogP contribution >= 0.6 is 20.8 Å². The number of halogens is 2. The third kappa shape index (κ3) is 2.72. The van der Waals surface area contributed by atoms with E-state index in [-0.39, 0.29) is 11.0 Å². The van der Waals surface area contributed by atoms with Gasteiger partial charge in [0, 0.05) is 11.6 Å². The molecule has 6 heteroatoms. The van der Waals surface area contributed by atoms with Crippen LogP contribution in [0, 0.1) is 5.82 Å². The van der Waals surface area contributed by atoms with Gasteiger partial charge in [0.15, 0.2) is 11.6 Å². The number of nitrogens with zero attached hydrogens (tertiary/aromatic N) is 2. The van der Waals surface area contributed by atoms with Crippen LogP contribution in [0.5, 0.6) is 11.5 Å². The van der Waals surface area contributed by atoms with Crippen LogP contribution in [0.2, 0.25) is 5.28 Å². The molecule has 100 valence electrons. The molecule has 0 aliphatic heterocycles. The fourth-order valence-corrected chi connectivity index (χ4v) is 2.16. The second-order valence-corrected chi connectivity index (χ2v) is 5.16. The van der Waals surface area contributed by atoms with Gasteiger partial charge in [0.05, 0.1) is 5.52 Å². The molecule has 0 N–H and O–H groups in total. The Kier molecular flexibility index (Phi) is 3.51. The first-order valence-corrected chi connectivity index (χ1v) is 6.72. The molecule has 0 spiro atoms. The second kappa shape index (κ2) is 5.31. The van der Waals surface area contributed by atoms with Crippen molar-refractivity contribution in [1.82, 2.24) is 9.97 Å². The Bertz CT molecular complexity index is 797. The molecule has 1 atom stereocenters. The summed E-state index contributed by atoms with van der Waals surface area (Å²) in [5.74, 6) is 0.272. The predicted molar refractivity (Wildman–Crippen MR) is 80.4 cm³/mol. The highest BCUT2D eigenvalue weighted by Gasteiger charge is 2.06. The minimum atomic E-state index is -0.412. The van der Waals surface area contributed by atoms with E-state index in [4.69, 9.17) is 16.3 Å². The predicted octanol–water partition coefficient (Wildman–Crippen LogP) is 3.72. The lowest BCUT2D eigenvalue weighted by molar-refractivity contribution is 0.443. The maximum atomic E-state index is 13.7. The maximum absolute atomic E-state index is 13.7. The molecule has 0 radical (unpaired) electrons. The fraction of sp³-hybridized carbons (Fsp3) is 0. The Labute approximate surface area is 122 Å². The van der Waals surface area contributed by atoms with E-state index in [2.05, 4.69) is 19.2 Å². The molecule has 1 heterocycles. The van der Waals surface area contributed by atoms with E-state index in [1.807, 2.05) is 0 Å². The molecular weight excluding hydrogens is 298 g/mol. The molecule has 2 aromatic carbocycles. The highest BCUT2D eigenvalue weighted by atomic mass is 35.5. The number of hydrogen-bond donors (Lipinski definition) is 0. The van der Waals surface area contributed by atoms with Crippen LogP contribution in [0.3, 0.4) is 0 Å². The fourth-order valence-electron chi connectivity index (χ4n) is 1.78. The van der Waals surface area contributed by atoms with Gasteiger partial charge in [0.2, 0.25) is 5.28 Å². The Morgan fingerprint density at radius 1 is 1.15 bits per heavy atom. The van der Waals surface area contributed by atoms with Gasteiger partial charge in [-0.1, -0.05) is 6.07 Å². The zero-order valence-corrected chi connectivity index (χ0v) is 12.1. The number of fused-ring (bicyclic) bond motifs is 1. The van der Waals surface area contributed by atoms with Crippen LogP contribution in [0.25, 0.3) is 10.9 Å². The van der Waals surface area contributed by atoms with Gasteiger partial charge in [-0.2, -0.15) is 0 Å². The number of rotatable bonds is 2. The standard InChI is InChI=1S/C14H9ClFN2OP/c15-14-17-7-8-5-9(1-3-12(8)18-14)19-13-4-2-10(20)6-11(13)16/h1-7H,20H2. The summed E-state index contributed by atoms with van der Waals surface area (Å²) >= 11 is 5.72. The average Bonchev–Trinajstić information content (AvgIpc) is 2.42. The number of ether oxygens (including phenoxy) is 1. The van der Waals surface area contributed by atoms with Crippen molar-refractivity contribution in [1.29, 1.82) is 0 Å². The van der Waals surface area contributed by atoms with Gasteiger partial charge < -0.3 is 4.74 Å². The first kappa shape index (κ1) is 13.2. The smallest absolute Gasteiger partial charge is 0.222 e. The Hall–Kier alpha value is -1.77.